The summed E-state index contributed by atoms with van der Waals surface area (Å²) in [4.78, 5) is 7.06. The summed E-state index contributed by atoms with van der Waals surface area (Å²) in [5, 5.41) is 0. The number of aromatic nitrogens is 1. The van der Waals surface area contributed by atoms with E-state index in [9.17, 15) is 0 Å². The van der Waals surface area contributed by atoms with Gasteiger partial charge in [0.25, 0.3) is 0 Å². The summed E-state index contributed by atoms with van der Waals surface area (Å²) in [6, 6.07) is 2.85. The molecule has 0 spiro atoms. The topological polar surface area (TPSA) is 16.1 Å². The summed E-state index contributed by atoms with van der Waals surface area (Å²) in [6.07, 6.45) is 7.26. The number of nitrogens with zero attached hydrogens (tertiary/aromatic N) is 2. The molecule has 0 radical (unpaired) electrons. The van der Waals surface area contributed by atoms with Crippen molar-refractivity contribution in [1.29, 1.82) is 0 Å². The first kappa shape index (κ1) is 12.7. The molecule has 0 amide bonds. The number of alkyl halides is 1. The number of rotatable bonds is 4. The highest BCUT2D eigenvalue weighted by atomic mass is 35.5. The van der Waals surface area contributed by atoms with Crippen molar-refractivity contribution in [1.82, 2.24) is 4.98 Å². The van der Waals surface area contributed by atoms with Gasteiger partial charge in [-0.3, -0.25) is 0 Å². The molecule has 1 aromatic heterocycles. The molecular formula is C14H21ClN2. The second kappa shape index (κ2) is 5.72. The molecule has 0 aromatic carbocycles. The number of hydrogen-bond acceptors (Lipinski definition) is 2. The lowest BCUT2D eigenvalue weighted by atomic mass is 10.1. The molecule has 94 valence electrons. The minimum atomic E-state index is 0.545. The van der Waals surface area contributed by atoms with Gasteiger partial charge in [0.05, 0.1) is 0 Å². The minimum Gasteiger partial charge on any atom is -0.354 e. The van der Waals surface area contributed by atoms with E-state index in [1.807, 2.05) is 6.20 Å². The lowest BCUT2D eigenvalue weighted by Gasteiger charge is -2.30. The fourth-order valence-electron chi connectivity index (χ4n) is 2.80. The molecule has 17 heavy (non-hydrogen) atoms. The maximum absolute atomic E-state index is 5.84. The van der Waals surface area contributed by atoms with Crippen LogP contribution in [0.15, 0.2) is 12.3 Å². The van der Waals surface area contributed by atoms with Crippen molar-refractivity contribution in [3.05, 3.63) is 23.4 Å². The Labute approximate surface area is 109 Å². The molecule has 1 aromatic rings. The Morgan fingerprint density at radius 2 is 2.12 bits per heavy atom. The molecule has 0 unspecified atom stereocenters. The van der Waals surface area contributed by atoms with Crippen molar-refractivity contribution in [3.63, 3.8) is 0 Å². The smallest absolute Gasteiger partial charge is 0.131 e. The number of hydrogen-bond donors (Lipinski definition) is 0. The fraction of sp³-hybridized carbons (Fsp3) is 0.643. The Hall–Kier alpha value is -0.760. The van der Waals surface area contributed by atoms with Crippen LogP contribution in [0.1, 0.15) is 43.7 Å². The molecule has 0 aliphatic heterocycles. The minimum absolute atomic E-state index is 0.545. The van der Waals surface area contributed by atoms with Crippen LogP contribution < -0.4 is 4.90 Å². The number of aryl methyl sites for hydroxylation is 1. The molecule has 2 rings (SSSR count). The van der Waals surface area contributed by atoms with Gasteiger partial charge in [-0.1, -0.05) is 12.8 Å². The van der Waals surface area contributed by atoms with Gasteiger partial charge in [-0.25, -0.2) is 4.98 Å². The first-order valence-electron chi connectivity index (χ1n) is 6.54. The average molecular weight is 253 g/mol. The first-order chi connectivity index (χ1) is 8.26. The van der Waals surface area contributed by atoms with Crippen LogP contribution in [0.5, 0.6) is 0 Å². The lowest BCUT2D eigenvalue weighted by Crippen LogP contribution is -2.34. The zero-order valence-corrected chi connectivity index (χ0v) is 11.5. The van der Waals surface area contributed by atoms with Gasteiger partial charge in [-0.2, -0.15) is 0 Å². The maximum atomic E-state index is 5.84. The van der Waals surface area contributed by atoms with E-state index < -0.39 is 0 Å². The lowest BCUT2D eigenvalue weighted by molar-refractivity contribution is 0.611. The molecule has 1 aliphatic carbocycles. The van der Waals surface area contributed by atoms with Gasteiger partial charge >= 0.3 is 0 Å². The summed E-state index contributed by atoms with van der Waals surface area (Å²) in [5.74, 6) is 1.69. The summed E-state index contributed by atoms with van der Waals surface area (Å²) < 4.78 is 0. The van der Waals surface area contributed by atoms with Crippen LogP contribution in [0.2, 0.25) is 0 Å². The van der Waals surface area contributed by atoms with Gasteiger partial charge in [0.2, 0.25) is 0 Å². The third-order valence-corrected chi connectivity index (χ3v) is 3.95. The standard InChI is InChI=1S/C14H21ClN2/c1-3-17(13-6-4-5-7-13)14-11(2)8-12(9-15)10-16-14/h8,10,13H,3-7,9H2,1-2H3. The predicted octanol–water partition coefficient (Wildman–Crippen LogP) is 3.90. The maximum Gasteiger partial charge on any atom is 0.131 e. The first-order valence-corrected chi connectivity index (χ1v) is 7.07. The molecule has 3 heteroatoms. The van der Waals surface area contributed by atoms with E-state index in [0.717, 1.165) is 17.9 Å². The average Bonchev–Trinajstić information content (AvgIpc) is 2.85. The predicted molar refractivity (Wildman–Crippen MR) is 73.8 cm³/mol. The van der Waals surface area contributed by atoms with Crippen LogP contribution in [-0.2, 0) is 5.88 Å². The molecule has 1 aliphatic rings. The van der Waals surface area contributed by atoms with Crippen LogP contribution >= 0.6 is 11.6 Å². The quantitative estimate of drug-likeness (QED) is 0.756. The second-order valence-corrected chi connectivity index (χ2v) is 5.11. The SMILES string of the molecule is CCN(c1ncc(CCl)cc1C)C1CCCC1. The van der Waals surface area contributed by atoms with Crippen LogP contribution in [-0.4, -0.2) is 17.6 Å². The Balaban J connectivity index is 2.23. The van der Waals surface area contributed by atoms with E-state index in [2.05, 4.69) is 29.8 Å². The Morgan fingerprint density at radius 3 is 2.65 bits per heavy atom. The number of pyridine rings is 1. The van der Waals surface area contributed by atoms with Crippen LogP contribution in [0.4, 0.5) is 5.82 Å². The van der Waals surface area contributed by atoms with Crippen LogP contribution in [0, 0.1) is 6.92 Å². The van der Waals surface area contributed by atoms with Crippen molar-refractivity contribution in [2.24, 2.45) is 0 Å². The Kier molecular flexibility index (Phi) is 4.27. The van der Waals surface area contributed by atoms with Crippen LogP contribution in [0.3, 0.4) is 0 Å². The molecule has 1 fully saturated rings. The molecule has 0 saturated heterocycles. The third-order valence-electron chi connectivity index (χ3n) is 3.64. The zero-order valence-electron chi connectivity index (χ0n) is 10.7. The molecule has 0 bridgehead atoms. The van der Waals surface area contributed by atoms with Crippen molar-refractivity contribution in [2.45, 2.75) is 51.5 Å². The monoisotopic (exact) mass is 252 g/mol. The Bertz CT molecular complexity index is 372. The van der Waals surface area contributed by atoms with E-state index in [-0.39, 0.29) is 0 Å². The molecule has 1 saturated carbocycles. The molecule has 1 heterocycles. The molecule has 0 atom stereocenters. The van der Waals surface area contributed by atoms with Gasteiger partial charge in [-0.15, -0.1) is 11.6 Å². The van der Waals surface area contributed by atoms with Gasteiger partial charge in [0, 0.05) is 24.7 Å². The van der Waals surface area contributed by atoms with E-state index in [4.69, 9.17) is 11.6 Å². The highest BCUT2D eigenvalue weighted by Crippen LogP contribution is 2.29. The Morgan fingerprint density at radius 1 is 1.41 bits per heavy atom. The van der Waals surface area contributed by atoms with Crippen molar-refractivity contribution < 1.29 is 0 Å². The molecular weight excluding hydrogens is 232 g/mol. The van der Waals surface area contributed by atoms with Crippen molar-refractivity contribution >= 4 is 17.4 Å². The largest absolute Gasteiger partial charge is 0.354 e. The summed E-state index contributed by atoms with van der Waals surface area (Å²) in [6.45, 7) is 5.39. The normalized spacial score (nSPS) is 16.4. The second-order valence-electron chi connectivity index (χ2n) is 4.84. The molecule has 2 nitrogen and oxygen atoms in total. The van der Waals surface area contributed by atoms with E-state index in [0.29, 0.717) is 11.9 Å². The van der Waals surface area contributed by atoms with E-state index in [1.54, 1.807) is 0 Å². The number of anilines is 1. The van der Waals surface area contributed by atoms with Gasteiger partial charge < -0.3 is 4.90 Å². The van der Waals surface area contributed by atoms with Gasteiger partial charge in [0.15, 0.2) is 0 Å². The summed E-state index contributed by atoms with van der Waals surface area (Å²) in [5.41, 5.74) is 2.35. The van der Waals surface area contributed by atoms with Crippen molar-refractivity contribution in [2.75, 3.05) is 11.4 Å². The number of halogens is 1. The van der Waals surface area contributed by atoms with E-state index in [1.165, 1.54) is 31.2 Å². The highest BCUT2D eigenvalue weighted by Gasteiger charge is 2.23. The summed E-state index contributed by atoms with van der Waals surface area (Å²) in [7, 11) is 0. The summed E-state index contributed by atoms with van der Waals surface area (Å²) >= 11 is 5.84. The zero-order chi connectivity index (χ0) is 12.3. The van der Waals surface area contributed by atoms with Crippen LogP contribution in [0.25, 0.3) is 0 Å². The third kappa shape index (κ3) is 2.74. The van der Waals surface area contributed by atoms with Gasteiger partial charge in [0.1, 0.15) is 5.82 Å². The fourth-order valence-corrected chi connectivity index (χ4v) is 2.94. The van der Waals surface area contributed by atoms with Gasteiger partial charge in [-0.05, 0) is 43.9 Å². The van der Waals surface area contributed by atoms with Crippen molar-refractivity contribution in [3.8, 4) is 0 Å². The van der Waals surface area contributed by atoms with E-state index >= 15 is 0 Å². The highest BCUT2D eigenvalue weighted by molar-refractivity contribution is 6.17. The molecule has 0 N–H and O–H groups in total.